The lowest BCUT2D eigenvalue weighted by Crippen LogP contribution is -2.41. The standard InChI is InChI=1S/C14H23N3O/c1-14(8-4-3-5-9-14)13(17-15)12-11(18-2)7-6-10-16-12/h6-7,10,13,17H,3-5,8-9,15H2,1-2H3. The molecule has 4 nitrogen and oxygen atoms in total. The Morgan fingerprint density at radius 1 is 1.39 bits per heavy atom. The van der Waals surface area contributed by atoms with Gasteiger partial charge in [0, 0.05) is 6.20 Å². The molecule has 0 amide bonds. The number of ether oxygens (including phenoxy) is 1. The highest BCUT2D eigenvalue weighted by atomic mass is 16.5. The number of hydrogen-bond acceptors (Lipinski definition) is 4. The first-order valence-corrected chi connectivity index (χ1v) is 6.66. The Hall–Kier alpha value is -1.13. The van der Waals surface area contributed by atoms with Crippen LogP contribution in [0, 0.1) is 5.41 Å². The molecule has 3 N–H and O–H groups in total. The van der Waals surface area contributed by atoms with Crippen molar-refractivity contribution < 1.29 is 4.74 Å². The molecule has 0 spiro atoms. The molecule has 18 heavy (non-hydrogen) atoms. The summed E-state index contributed by atoms with van der Waals surface area (Å²) < 4.78 is 5.41. The molecule has 0 saturated heterocycles. The number of methoxy groups -OCH3 is 1. The molecule has 1 aromatic rings. The second kappa shape index (κ2) is 5.67. The third-order valence-corrected chi connectivity index (χ3v) is 4.15. The number of nitrogens with one attached hydrogen (secondary N) is 1. The van der Waals surface area contributed by atoms with Gasteiger partial charge in [0.1, 0.15) is 11.4 Å². The highest BCUT2D eigenvalue weighted by Gasteiger charge is 2.38. The quantitative estimate of drug-likeness (QED) is 0.636. The Balaban J connectivity index is 2.32. The van der Waals surface area contributed by atoms with Crippen LogP contribution in [-0.2, 0) is 0 Å². The van der Waals surface area contributed by atoms with Gasteiger partial charge in [-0.1, -0.05) is 26.2 Å². The van der Waals surface area contributed by atoms with Gasteiger partial charge in [0.05, 0.1) is 13.2 Å². The minimum atomic E-state index is 0.0500. The van der Waals surface area contributed by atoms with Crippen molar-refractivity contribution in [3.8, 4) is 5.75 Å². The molecule has 1 saturated carbocycles. The van der Waals surface area contributed by atoms with Gasteiger partial charge in [-0.05, 0) is 30.4 Å². The van der Waals surface area contributed by atoms with Crippen molar-refractivity contribution in [2.24, 2.45) is 11.3 Å². The summed E-state index contributed by atoms with van der Waals surface area (Å²) in [6.07, 6.45) is 8.03. The van der Waals surface area contributed by atoms with Gasteiger partial charge in [-0.25, -0.2) is 0 Å². The highest BCUT2D eigenvalue weighted by Crippen LogP contribution is 2.46. The molecule has 1 fully saturated rings. The molecule has 0 aliphatic heterocycles. The van der Waals surface area contributed by atoms with Crippen molar-refractivity contribution in [3.05, 3.63) is 24.0 Å². The minimum Gasteiger partial charge on any atom is -0.495 e. The van der Waals surface area contributed by atoms with Gasteiger partial charge < -0.3 is 4.74 Å². The molecule has 4 heteroatoms. The van der Waals surface area contributed by atoms with E-state index in [4.69, 9.17) is 10.6 Å². The predicted octanol–water partition coefficient (Wildman–Crippen LogP) is 2.57. The Kier molecular flexibility index (Phi) is 4.19. The maximum absolute atomic E-state index is 5.80. The van der Waals surface area contributed by atoms with Gasteiger partial charge in [-0.15, -0.1) is 0 Å². The van der Waals surface area contributed by atoms with Crippen LogP contribution in [0.5, 0.6) is 5.75 Å². The fourth-order valence-electron chi connectivity index (χ4n) is 3.05. The monoisotopic (exact) mass is 249 g/mol. The van der Waals surface area contributed by atoms with Gasteiger partial charge in [-0.2, -0.15) is 0 Å². The molecule has 2 rings (SSSR count). The van der Waals surface area contributed by atoms with E-state index in [9.17, 15) is 0 Å². The third-order valence-electron chi connectivity index (χ3n) is 4.15. The van der Waals surface area contributed by atoms with Crippen molar-refractivity contribution in [2.45, 2.75) is 45.1 Å². The summed E-state index contributed by atoms with van der Waals surface area (Å²) in [7, 11) is 1.68. The van der Waals surface area contributed by atoms with Gasteiger partial charge >= 0.3 is 0 Å². The number of rotatable bonds is 4. The van der Waals surface area contributed by atoms with Crippen molar-refractivity contribution >= 4 is 0 Å². The van der Waals surface area contributed by atoms with E-state index in [0.717, 1.165) is 11.4 Å². The van der Waals surface area contributed by atoms with E-state index >= 15 is 0 Å². The van der Waals surface area contributed by atoms with Crippen molar-refractivity contribution in [2.75, 3.05) is 7.11 Å². The van der Waals surface area contributed by atoms with Crippen LogP contribution >= 0.6 is 0 Å². The Morgan fingerprint density at radius 3 is 2.72 bits per heavy atom. The van der Waals surface area contributed by atoms with E-state index in [0.29, 0.717) is 0 Å². The van der Waals surface area contributed by atoms with E-state index in [1.165, 1.54) is 32.1 Å². The van der Waals surface area contributed by atoms with Crippen molar-refractivity contribution in [1.29, 1.82) is 0 Å². The normalized spacial score (nSPS) is 20.4. The van der Waals surface area contributed by atoms with Gasteiger partial charge in [0.15, 0.2) is 0 Å². The van der Waals surface area contributed by atoms with Crippen LogP contribution in [0.15, 0.2) is 18.3 Å². The van der Waals surface area contributed by atoms with Crippen molar-refractivity contribution in [3.63, 3.8) is 0 Å². The number of pyridine rings is 1. The summed E-state index contributed by atoms with van der Waals surface area (Å²) in [6.45, 7) is 2.30. The van der Waals surface area contributed by atoms with Crippen LogP contribution in [0.3, 0.4) is 0 Å². The molecule has 1 aliphatic carbocycles. The lowest BCUT2D eigenvalue weighted by Gasteiger charge is -2.40. The molecular weight excluding hydrogens is 226 g/mol. The van der Waals surface area contributed by atoms with Gasteiger partial charge in [0.2, 0.25) is 0 Å². The van der Waals surface area contributed by atoms with Gasteiger partial charge in [0.25, 0.3) is 0 Å². The van der Waals surface area contributed by atoms with E-state index in [-0.39, 0.29) is 11.5 Å². The number of nitrogens with two attached hydrogens (primary N) is 1. The van der Waals surface area contributed by atoms with Crippen molar-refractivity contribution in [1.82, 2.24) is 10.4 Å². The maximum Gasteiger partial charge on any atom is 0.142 e. The topological polar surface area (TPSA) is 60.2 Å². The first-order valence-electron chi connectivity index (χ1n) is 6.66. The van der Waals surface area contributed by atoms with E-state index < -0.39 is 0 Å². The van der Waals surface area contributed by atoms with E-state index in [1.54, 1.807) is 13.3 Å². The summed E-state index contributed by atoms with van der Waals surface area (Å²) in [5.41, 5.74) is 4.05. The fraction of sp³-hybridized carbons (Fsp3) is 0.643. The average molecular weight is 249 g/mol. The molecule has 0 bridgehead atoms. The summed E-state index contributed by atoms with van der Waals surface area (Å²) in [5.74, 6) is 6.61. The third kappa shape index (κ3) is 2.49. The van der Waals surface area contributed by atoms with Gasteiger partial charge in [-0.3, -0.25) is 16.3 Å². The molecule has 1 unspecified atom stereocenters. The first kappa shape index (κ1) is 13.3. The summed E-state index contributed by atoms with van der Waals surface area (Å²) >= 11 is 0. The van der Waals surface area contributed by atoms with Crippen LogP contribution in [0.2, 0.25) is 0 Å². The van der Waals surface area contributed by atoms with E-state index in [1.807, 2.05) is 12.1 Å². The molecule has 0 aromatic carbocycles. The lowest BCUT2D eigenvalue weighted by molar-refractivity contribution is 0.140. The largest absolute Gasteiger partial charge is 0.495 e. The first-order chi connectivity index (χ1) is 8.71. The Bertz CT molecular complexity index is 388. The number of aromatic nitrogens is 1. The molecule has 0 radical (unpaired) electrons. The van der Waals surface area contributed by atoms with E-state index in [2.05, 4.69) is 17.3 Å². The smallest absolute Gasteiger partial charge is 0.142 e. The Labute approximate surface area is 109 Å². The molecule has 1 heterocycles. The highest BCUT2D eigenvalue weighted by molar-refractivity contribution is 5.30. The zero-order chi connectivity index (χ0) is 13.0. The second-order valence-corrected chi connectivity index (χ2v) is 5.41. The average Bonchev–Trinajstić information content (AvgIpc) is 2.40. The maximum atomic E-state index is 5.80. The van der Waals surface area contributed by atoms with Crippen LogP contribution in [0.25, 0.3) is 0 Å². The van der Waals surface area contributed by atoms with Crippen LogP contribution in [0.1, 0.15) is 50.8 Å². The number of hydrazine groups is 1. The minimum absolute atomic E-state index is 0.0500. The number of hydrogen-bond donors (Lipinski definition) is 2. The zero-order valence-electron chi connectivity index (χ0n) is 11.3. The zero-order valence-corrected chi connectivity index (χ0v) is 11.3. The summed E-state index contributed by atoms with van der Waals surface area (Å²) in [4.78, 5) is 4.47. The molecular formula is C14H23N3O. The Morgan fingerprint density at radius 2 is 2.11 bits per heavy atom. The lowest BCUT2D eigenvalue weighted by atomic mass is 9.69. The van der Waals surface area contributed by atoms with Crippen LogP contribution in [-0.4, -0.2) is 12.1 Å². The second-order valence-electron chi connectivity index (χ2n) is 5.41. The SMILES string of the molecule is COc1cccnc1C(NN)C1(C)CCCCC1. The molecule has 100 valence electrons. The molecule has 1 aliphatic rings. The summed E-state index contributed by atoms with van der Waals surface area (Å²) in [5, 5.41) is 0. The number of nitrogens with zero attached hydrogens (tertiary/aromatic N) is 1. The van der Waals surface area contributed by atoms with Crippen LogP contribution < -0.4 is 16.0 Å². The predicted molar refractivity (Wildman–Crippen MR) is 72.0 cm³/mol. The molecule has 1 aromatic heterocycles. The molecule has 1 atom stereocenters. The summed E-state index contributed by atoms with van der Waals surface area (Å²) in [6, 6.07) is 3.88. The fourth-order valence-corrected chi connectivity index (χ4v) is 3.05. The van der Waals surface area contributed by atoms with Crippen LogP contribution in [0.4, 0.5) is 0 Å².